The average Bonchev–Trinajstić information content (AvgIpc) is 2.34. The molecule has 100 valence electrons. The van der Waals surface area contributed by atoms with E-state index in [1.54, 1.807) is 18.2 Å². The lowest BCUT2D eigenvalue weighted by Crippen LogP contribution is -2.36. The highest BCUT2D eigenvalue weighted by atomic mass is 19.3. The predicted molar refractivity (Wildman–Crippen MR) is 60.4 cm³/mol. The molecule has 0 aliphatic heterocycles. The number of aliphatic hydroxyl groups excluding tert-OH is 1. The maximum atomic E-state index is 12.1. The fourth-order valence-electron chi connectivity index (χ4n) is 1.27. The first-order chi connectivity index (χ1) is 8.63. The van der Waals surface area contributed by atoms with Gasteiger partial charge < -0.3 is 20.5 Å². The number of carbonyl (C=O) groups is 1. The van der Waals surface area contributed by atoms with E-state index in [1.807, 2.05) is 0 Å². The third kappa shape index (κ3) is 4.96. The van der Waals surface area contributed by atoms with Crippen LogP contribution >= 0.6 is 0 Å². The number of rotatable bonds is 6. The quantitative estimate of drug-likeness (QED) is 0.716. The molecule has 1 aromatic carbocycles. The lowest BCUT2D eigenvalue weighted by molar-refractivity contribution is -0.0504. The van der Waals surface area contributed by atoms with E-state index in [4.69, 9.17) is 5.11 Å². The molecule has 0 aliphatic rings. The number of aliphatic hydroxyl groups is 1. The molecule has 0 heterocycles. The van der Waals surface area contributed by atoms with Crippen LogP contribution in [0.2, 0.25) is 0 Å². The van der Waals surface area contributed by atoms with Crippen molar-refractivity contribution < 1.29 is 23.4 Å². The van der Waals surface area contributed by atoms with Gasteiger partial charge >= 0.3 is 12.6 Å². The van der Waals surface area contributed by atoms with Gasteiger partial charge in [-0.25, -0.2) is 4.79 Å². The van der Waals surface area contributed by atoms with Crippen LogP contribution in [0, 0.1) is 0 Å². The van der Waals surface area contributed by atoms with E-state index in [0.717, 1.165) is 0 Å². The van der Waals surface area contributed by atoms with Gasteiger partial charge in [-0.05, 0) is 6.07 Å². The summed E-state index contributed by atoms with van der Waals surface area (Å²) in [7, 11) is 0. The molecule has 7 heteroatoms. The Morgan fingerprint density at radius 3 is 2.72 bits per heavy atom. The Morgan fingerprint density at radius 2 is 2.06 bits per heavy atom. The summed E-state index contributed by atoms with van der Waals surface area (Å²) in [5.41, 5.74) is 0.442. The number of hydrogen-bond donors (Lipinski definition) is 3. The van der Waals surface area contributed by atoms with E-state index in [2.05, 4.69) is 15.4 Å². The molecule has 0 spiro atoms. The van der Waals surface area contributed by atoms with Crippen molar-refractivity contribution in [1.82, 2.24) is 10.6 Å². The second kappa shape index (κ2) is 7.44. The van der Waals surface area contributed by atoms with Crippen LogP contribution in [0.5, 0.6) is 5.75 Å². The Morgan fingerprint density at radius 1 is 1.33 bits per heavy atom. The Bertz CT molecular complexity index is 388. The third-order valence-electron chi connectivity index (χ3n) is 2.03. The van der Waals surface area contributed by atoms with Gasteiger partial charge in [-0.1, -0.05) is 18.2 Å². The number of amides is 2. The summed E-state index contributed by atoms with van der Waals surface area (Å²) in [6, 6.07) is 5.70. The number of para-hydroxylation sites is 1. The summed E-state index contributed by atoms with van der Waals surface area (Å²) in [6.07, 6.45) is 0. The number of nitrogens with one attached hydrogen (secondary N) is 2. The van der Waals surface area contributed by atoms with E-state index in [0.29, 0.717) is 5.56 Å². The molecule has 0 saturated heterocycles. The summed E-state index contributed by atoms with van der Waals surface area (Å²) < 4.78 is 28.5. The number of hydrogen-bond acceptors (Lipinski definition) is 3. The van der Waals surface area contributed by atoms with E-state index in [1.165, 1.54) is 6.07 Å². The smallest absolute Gasteiger partial charge is 0.387 e. The molecule has 18 heavy (non-hydrogen) atoms. The zero-order chi connectivity index (χ0) is 13.4. The standard InChI is InChI=1S/C11H14F2N2O3/c12-10(13)18-9-4-2-1-3-8(9)7-15-11(17)14-5-6-16/h1-4,10,16H,5-7H2,(H2,14,15,17). The molecule has 5 nitrogen and oxygen atoms in total. The van der Waals surface area contributed by atoms with Gasteiger partial charge in [-0.3, -0.25) is 0 Å². The minimum atomic E-state index is -2.91. The molecule has 1 rings (SSSR count). The molecule has 0 radical (unpaired) electrons. The molecule has 0 aliphatic carbocycles. The molecule has 1 aromatic rings. The molecule has 2 amide bonds. The molecule has 0 atom stereocenters. The average molecular weight is 260 g/mol. The molecule has 0 aromatic heterocycles. The van der Waals surface area contributed by atoms with Crippen molar-refractivity contribution in [3.63, 3.8) is 0 Å². The summed E-state index contributed by atoms with van der Waals surface area (Å²) in [5, 5.41) is 13.3. The maximum absolute atomic E-state index is 12.1. The zero-order valence-corrected chi connectivity index (χ0v) is 9.53. The monoisotopic (exact) mass is 260 g/mol. The lowest BCUT2D eigenvalue weighted by atomic mass is 10.2. The van der Waals surface area contributed by atoms with Crippen molar-refractivity contribution in [3.05, 3.63) is 29.8 Å². The Balaban J connectivity index is 2.53. The van der Waals surface area contributed by atoms with Crippen LogP contribution in [-0.2, 0) is 6.54 Å². The number of benzene rings is 1. The van der Waals surface area contributed by atoms with E-state index < -0.39 is 12.6 Å². The Hall–Kier alpha value is -1.89. The second-order valence-electron chi connectivity index (χ2n) is 3.32. The van der Waals surface area contributed by atoms with Crippen LogP contribution in [-0.4, -0.2) is 30.9 Å². The van der Waals surface area contributed by atoms with Gasteiger partial charge in [0.05, 0.1) is 6.61 Å². The number of urea groups is 1. The van der Waals surface area contributed by atoms with E-state index >= 15 is 0 Å². The first kappa shape index (κ1) is 14.2. The molecule has 0 saturated carbocycles. The minimum Gasteiger partial charge on any atom is -0.434 e. The summed E-state index contributed by atoms with van der Waals surface area (Å²) in [4.78, 5) is 11.2. The van der Waals surface area contributed by atoms with Gasteiger partial charge in [-0.15, -0.1) is 0 Å². The highest BCUT2D eigenvalue weighted by Crippen LogP contribution is 2.19. The van der Waals surface area contributed by atoms with Gasteiger partial charge in [0.1, 0.15) is 5.75 Å². The molecule has 0 bridgehead atoms. The van der Waals surface area contributed by atoms with E-state index in [-0.39, 0.29) is 25.4 Å². The van der Waals surface area contributed by atoms with Crippen LogP contribution < -0.4 is 15.4 Å². The Kier molecular flexibility index (Phi) is 5.86. The highest BCUT2D eigenvalue weighted by molar-refractivity contribution is 5.73. The first-order valence-corrected chi connectivity index (χ1v) is 5.28. The normalized spacial score (nSPS) is 10.2. The number of alkyl halides is 2. The molecule has 3 N–H and O–H groups in total. The van der Waals surface area contributed by atoms with Crippen molar-refractivity contribution in [2.24, 2.45) is 0 Å². The first-order valence-electron chi connectivity index (χ1n) is 5.28. The van der Waals surface area contributed by atoms with Crippen LogP contribution in [0.4, 0.5) is 13.6 Å². The third-order valence-corrected chi connectivity index (χ3v) is 2.03. The van der Waals surface area contributed by atoms with Gasteiger partial charge in [0.15, 0.2) is 0 Å². The van der Waals surface area contributed by atoms with Crippen molar-refractivity contribution in [2.75, 3.05) is 13.2 Å². The van der Waals surface area contributed by atoms with Crippen molar-refractivity contribution in [1.29, 1.82) is 0 Å². The number of ether oxygens (including phenoxy) is 1. The van der Waals surface area contributed by atoms with Gasteiger partial charge in [0.25, 0.3) is 0 Å². The van der Waals surface area contributed by atoms with Crippen molar-refractivity contribution in [3.8, 4) is 5.75 Å². The van der Waals surface area contributed by atoms with Crippen LogP contribution in [0.1, 0.15) is 5.56 Å². The number of halogens is 2. The van der Waals surface area contributed by atoms with Crippen molar-refractivity contribution >= 4 is 6.03 Å². The second-order valence-corrected chi connectivity index (χ2v) is 3.32. The van der Waals surface area contributed by atoms with Gasteiger partial charge in [0, 0.05) is 18.7 Å². The number of carbonyl (C=O) groups excluding carboxylic acids is 1. The SMILES string of the molecule is O=C(NCCO)NCc1ccccc1OC(F)F. The largest absolute Gasteiger partial charge is 0.434 e. The molecular formula is C11H14F2N2O3. The summed E-state index contributed by atoms with van der Waals surface area (Å²) in [5.74, 6) is 0.0231. The zero-order valence-electron chi connectivity index (χ0n) is 9.53. The predicted octanol–water partition coefficient (Wildman–Crippen LogP) is 1.08. The molecule has 0 fully saturated rings. The summed E-state index contributed by atoms with van der Waals surface area (Å²) >= 11 is 0. The van der Waals surface area contributed by atoms with Crippen LogP contribution in [0.3, 0.4) is 0 Å². The van der Waals surface area contributed by atoms with Gasteiger partial charge in [0.2, 0.25) is 0 Å². The van der Waals surface area contributed by atoms with Crippen molar-refractivity contribution in [2.45, 2.75) is 13.2 Å². The van der Waals surface area contributed by atoms with E-state index in [9.17, 15) is 13.6 Å². The fraction of sp³-hybridized carbons (Fsp3) is 0.364. The Labute approximate surface area is 103 Å². The topological polar surface area (TPSA) is 70.6 Å². The summed E-state index contributed by atoms with van der Waals surface area (Å²) in [6.45, 7) is -2.89. The van der Waals surface area contributed by atoms with Crippen LogP contribution in [0.25, 0.3) is 0 Å². The molecule has 0 unspecified atom stereocenters. The van der Waals surface area contributed by atoms with Gasteiger partial charge in [-0.2, -0.15) is 8.78 Å². The fourth-order valence-corrected chi connectivity index (χ4v) is 1.27. The maximum Gasteiger partial charge on any atom is 0.387 e. The lowest BCUT2D eigenvalue weighted by Gasteiger charge is -2.11. The van der Waals surface area contributed by atoms with Crippen LogP contribution in [0.15, 0.2) is 24.3 Å². The minimum absolute atomic E-state index is 0.0231. The highest BCUT2D eigenvalue weighted by Gasteiger charge is 2.09. The molecular weight excluding hydrogens is 246 g/mol.